The van der Waals surface area contributed by atoms with Crippen molar-refractivity contribution in [2.24, 2.45) is 5.92 Å². The molecule has 1 amide bonds. The predicted molar refractivity (Wildman–Crippen MR) is 123 cm³/mol. The Bertz CT molecular complexity index is 1070. The Balaban J connectivity index is 1.24. The molecule has 10 heteroatoms. The number of aromatic nitrogens is 3. The third kappa shape index (κ3) is 6.31. The molecule has 1 fully saturated rings. The van der Waals surface area contributed by atoms with Gasteiger partial charge in [0.1, 0.15) is 5.75 Å². The Hall–Kier alpha value is -3.01. The van der Waals surface area contributed by atoms with Gasteiger partial charge in [0.05, 0.1) is 5.56 Å². The minimum atomic E-state index is -4.40. The third-order valence-electron chi connectivity index (χ3n) is 5.90. The number of rotatable bonds is 6. The Kier molecular flexibility index (Phi) is 7.45. The number of benzene rings is 1. The average molecular weight is 491 g/mol. The molecule has 34 heavy (non-hydrogen) atoms. The molecule has 0 aliphatic carbocycles. The molecule has 3 aromatic rings. The van der Waals surface area contributed by atoms with Crippen LogP contribution in [0, 0.1) is 5.92 Å². The quantitative estimate of drug-likeness (QED) is 0.442. The van der Waals surface area contributed by atoms with Crippen molar-refractivity contribution < 1.29 is 22.7 Å². The van der Waals surface area contributed by atoms with E-state index < -0.39 is 11.7 Å². The number of imidazole rings is 1. The molecule has 0 radical (unpaired) electrons. The standard InChI is InChI=1S/C24H25F3N4O2S/c1-16(34-22-28-10-11-29-22)18-8-12-31(13-9-18)23(32)33-21-6-2-17(3-7-21)14-20-5-4-19(15-30-20)24(25,26)27/h2-7,10-11,15-16,18H,8-9,12-14H2,1H3,(H,28,29). The van der Waals surface area contributed by atoms with Gasteiger partial charge in [-0.3, -0.25) is 4.98 Å². The molecule has 1 unspecified atom stereocenters. The number of likely N-dealkylation sites (tertiary alicyclic amines) is 1. The highest BCUT2D eigenvalue weighted by Gasteiger charge is 2.31. The number of thioether (sulfide) groups is 1. The summed E-state index contributed by atoms with van der Waals surface area (Å²) in [6, 6.07) is 9.33. The fraction of sp³-hybridized carbons (Fsp3) is 0.375. The van der Waals surface area contributed by atoms with E-state index in [-0.39, 0.29) is 6.09 Å². The van der Waals surface area contributed by atoms with E-state index in [2.05, 4.69) is 21.9 Å². The Morgan fingerprint density at radius 1 is 1.18 bits per heavy atom. The summed E-state index contributed by atoms with van der Waals surface area (Å²) in [5.41, 5.74) is 0.615. The largest absolute Gasteiger partial charge is 0.417 e. The average Bonchev–Trinajstić information content (AvgIpc) is 3.33. The number of aromatic amines is 1. The maximum Gasteiger partial charge on any atom is 0.417 e. The first kappa shape index (κ1) is 24.1. The van der Waals surface area contributed by atoms with Crippen molar-refractivity contribution in [3.05, 3.63) is 71.8 Å². The molecule has 0 spiro atoms. The number of carbonyl (C=O) groups is 1. The van der Waals surface area contributed by atoms with E-state index in [4.69, 9.17) is 4.74 Å². The fourth-order valence-electron chi connectivity index (χ4n) is 3.89. The van der Waals surface area contributed by atoms with Crippen molar-refractivity contribution in [3.8, 4) is 5.75 Å². The molecule has 1 saturated heterocycles. The molecule has 1 atom stereocenters. The van der Waals surface area contributed by atoms with Gasteiger partial charge in [-0.1, -0.05) is 30.8 Å². The first-order valence-corrected chi connectivity index (χ1v) is 11.9. The topological polar surface area (TPSA) is 71.1 Å². The van der Waals surface area contributed by atoms with Crippen LogP contribution in [0.15, 0.2) is 60.1 Å². The van der Waals surface area contributed by atoms with Gasteiger partial charge in [-0.25, -0.2) is 9.78 Å². The second-order valence-corrected chi connectivity index (χ2v) is 9.63. The number of hydrogen-bond acceptors (Lipinski definition) is 5. The predicted octanol–water partition coefficient (Wildman–Crippen LogP) is 5.81. The van der Waals surface area contributed by atoms with Crippen molar-refractivity contribution in [1.82, 2.24) is 19.9 Å². The smallest absolute Gasteiger partial charge is 0.410 e. The third-order valence-corrected chi connectivity index (χ3v) is 7.10. The van der Waals surface area contributed by atoms with Gasteiger partial charge in [0.25, 0.3) is 0 Å². The minimum Gasteiger partial charge on any atom is -0.410 e. The van der Waals surface area contributed by atoms with Crippen LogP contribution in [0.2, 0.25) is 0 Å². The van der Waals surface area contributed by atoms with E-state index in [9.17, 15) is 18.0 Å². The summed E-state index contributed by atoms with van der Waals surface area (Å²) in [6.45, 7) is 3.47. The van der Waals surface area contributed by atoms with Crippen LogP contribution >= 0.6 is 11.8 Å². The zero-order chi connectivity index (χ0) is 24.1. The number of halogens is 3. The van der Waals surface area contributed by atoms with Crippen LogP contribution in [0.1, 0.15) is 36.6 Å². The maximum atomic E-state index is 12.7. The molecule has 4 rings (SSSR count). The summed E-state index contributed by atoms with van der Waals surface area (Å²) in [4.78, 5) is 25.6. The molecule has 6 nitrogen and oxygen atoms in total. The van der Waals surface area contributed by atoms with Crippen molar-refractivity contribution in [3.63, 3.8) is 0 Å². The Morgan fingerprint density at radius 3 is 2.50 bits per heavy atom. The number of alkyl halides is 3. The van der Waals surface area contributed by atoms with Crippen LogP contribution in [-0.4, -0.2) is 44.3 Å². The van der Waals surface area contributed by atoms with E-state index >= 15 is 0 Å². The second-order valence-electron chi connectivity index (χ2n) is 8.27. The number of amides is 1. The van der Waals surface area contributed by atoms with Crippen molar-refractivity contribution in [2.45, 2.75) is 42.8 Å². The minimum absolute atomic E-state index is 0.373. The maximum absolute atomic E-state index is 12.7. The number of nitrogens with zero attached hydrogens (tertiary/aromatic N) is 3. The van der Waals surface area contributed by atoms with Gasteiger partial charge in [-0.15, -0.1) is 0 Å². The molecule has 0 bridgehead atoms. The van der Waals surface area contributed by atoms with E-state index in [1.54, 1.807) is 47.1 Å². The molecule has 2 aromatic heterocycles. The lowest BCUT2D eigenvalue weighted by Crippen LogP contribution is -2.41. The van der Waals surface area contributed by atoms with E-state index in [1.165, 1.54) is 6.07 Å². The number of ether oxygens (including phenoxy) is 1. The number of hydrogen-bond donors (Lipinski definition) is 1. The second kappa shape index (κ2) is 10.5. The summed E-state index contributed by atoms with van der Waals surface area (Å²) in [5.74, 6) is 0.926. The van der Waals surface area contributed by atoms with Crippen LogP contribution < -0.4 is 4.74 Å². The molecular weight excluding hydrogens is 465 g/mol. The molecular formula is C24H25F3N4O2S. The Labute approximate surface area is 199 Å². The van der Waals surface area contributed by atoms with Gasteiger partial charge in [-0.2, -0.15) is 13.2 Å². The van der Waals surface area contributed by atoms with E-state index in [0.29, 0.717) is 42.1 Å². The van der Waals surface area contributed by atoms with Crippen molar-refractivity contribution in [1.29, 1.82) is 0 Å². The summed E-state index contributed by atoms with van der Waals surface area (Å²) >= 11 is 1.72. The first-order valence-electron chi connectivity index (χ1n) is 11.0. The zero-order valence-corrected chi connectivity index (χ0v) is 19.4. The summed E-state index contributed by atoms with van der Waals surface area (Å²) in [6.07, 6.45) is 1.81. The van der Waals surface area contributed by atoms with Gasteiger partial charge >= 0.3 is 12.3 Å². The van der Waals surface area contributed by atoms with Crippen LogP contribution in [-0.2, 0) is 12.6 Å². The van der Waals surface area contributed by atoms with Gasteiger partial charge in [0.15, 0.2) is 5.16 Å². The number of piperidine rings is 1. The van der Waals surface area contributed by atoms with E-state index in [0.717, 1.165) is 35.8 Å². The lowest BCUT2D eigenvalue weighted by Gasteiger charge is -2.33. The van der Waals surface area contributed by atoms with Crippen LogP contribution in [0.5, 0.6) is 5.75 Å². The monoisotopic (exact) mass is 490 g/mol. The van der Waals surface area contributed by atoms with Gasteiger partial charge < -0.3 is 14.6 Å². The molecule has 1 aliphatic rings. The lowest BCUT2D eigenvalue weighted by atomic mass is 9.94. The summed E-state index contributed by atoms with van der Waals surface area (Å²) in [5, 5.41) is 1.31. The highest BCUT2D eigenvalue weighted by atomic mass is 32.2. The van der Waals surface area contributed by atoms with Gasteiger partial charge in [0, 0.05) is 49.0 Å². The molecule has 180 valence electrons. The first-order chi connectivity index (χ1) is 16.3. The molecule has 1 aliphatic heterocycles. The number of nitrogens with one attached hydrogen (secondary N) is 1. The van der Waals surface area contributed by atoms with Crippen LogP contribution in [0.25, 0.3) is 0 Å². The Morgan fingerprint density at radius 2 is 1.91 bits per heavy atom. The van der Waals surface area contributed by atoms with Gasteiger partial charge in [0.2, 0.25) is 0 Å². The molecule has 3 heterocycles. The fourth-order valence-corrected chi connectivity index (χ4v) is 4.96. The SMILES string of the molecule is CC(Sc1ncc[nH]1)C1CCN(C(=O)Oc2ccc(Cc3ccc(C(F)(F)F)cn3)cc2)CC1. The molecule has 0 saturated carbocycles. The normalized spacial score (nSPS) is 15.8. The van der Waals surface area contributed by atoms with Gasteiger partial charge in [-0.05, 0) is 48.6 Å². The lowest BCUT2D eigenvalue weighted by molar-refractivity contribution is -0.137. The number of pyridine rings is 1. The van der Waals surface area contributed by atoms with Crippen LogP contribution in [0.3, 0.4) is 0 Å². The number of H-pyrrole nitrogens is 1. The van der Waals surface area contributed by atoms with Crippen LogP contribution in [0.4, 0.5) is 18.0 Å². The molecule has 1 N–H and O–H groups in total. The summed E-state index contributed by atoms with van der Waals surface area (Å²) < 4.78 is 43.5. The van der Waals surface area contributed by atoms with Crippen molar-refractivity contribution in [2.75, 3.05) is 13.1 Å². The van der Waals surface area contributed by atoms with E-state index in [1.807, 2.05) is 6.20 Å². The summed E-state index contributed by atoms with van der Waals surface area (Å²) in [7, 11) is 0. The molecule has 1 aromatic carbocycles. The number of carbonyl (C=O) groups excluding carboxylic acids is 1. The zero-order valence-electron chi connectivity index (χ0n) is 18.6. The highest BCUT2D eigenvalue weighted by molar-refractivity contribution is 7.99. The van der Waals surface area contributed by atoms with Crippen molar-refractivity contribution >= 4 is 17.9 Å². The highest BCUT2D eigenvalue weighted by Crippen LogP contribution is 2.32.